The van der Waals surface area contributed by atoms with E-state index in [1.165, 1.54) is 7.11 Å². The molecule has 0 aromatic heterocycles. The average Bonchev–Trinajstić information content (AvgIpc) is 2.38. The van der Waals surface area contributed by atoms with Crippen molar-refractivity contribution in [3.05, 3.63) is 34.9 Å². The van der Waals surface area contributed by atoms with E-state index in [1.54, 1.807) is 0 Å². The topological polar surface area (TPSA) is 55.4 Å². The first-order chi connectivity index (χ1) is 9.64. The van der Waals surface area contributed by atoms with Gasteiger partial charge in [-0.25, -0.2) is 0 Å². The van der Waals surface area contributed by atoms with Crippen LogP contribution in [0.3, 0.4) is 0 Å². The van der Waals surface area contributed by atoms with Crippen molar-refractivity contribution in [1.82, 2.24) is 5.32 Å². The first-order valence-corrected chi connectivity index (χ1v) is 7.10. The summed E-state index contributed by atoms with van der Waals surface area (Å²) in [5.41, 5.74) is 2.32. The van der Waals surface area contributed by atoms with Crippen molar-refractivity contribution in [3.63, 3.8) is 0 Å². The molecule has 4 nitrogen and oxygen atoms in total. The zero-order chi connectivity index (χ0) is 16.2. The summed E-state index contributed by atoms with van der Waals surface area (Å²) in [6, 6.07) is 5.18. The molecule has 21 heavy (non-hydrogen) atoms. The number of nitrogens with one attached hydrogen (secondary N) is 1. The van der Waals surface area contributed by atoms with Gasteiger partial charge in [0.25, 0.3) is 0 Å². The Morgan fingerprint density at radius 3 is 2.38 bits per heavy atom. The number of aryl methyl sites for hydroxylation is 2. The lowest BCUT2D eigenvalue weighted by molar-refractivity contribution is -0.141. The van der Waals surface area contributed by atoms with Gasteiger partial charge in [-0.1, -0.05) is 17.7 Å². The largest absolute Gasteiger partial charge is 0.469 e. The summed E-state index contributed by atoms with van der Waals surface area (Å²) in [5.74, 6) is -0.466. The van der Waals surface area contributed by atoms with Gasteiger partial charge in [0.05, 0.1) is 19.6 Å². The number of hydrogen-bond donors (Lipinski definition) is 1. The number of hydrogen-bond acceptors (Lipinski definition) is 4. The van der Waals surface area contributed by atoms with Gasteiger partial charge in [-0.2, -0.15) is 0 Å². The Balaban J connectivity index is 3.09. The molecule has 1 atom stereocenters. The van der Waals surface area contributed by atoms with Crippen LogP contribution < -0.4 is 5.32 Å². The third-order valence-electron chi connectivity index (χ3n) is 3.18. The van der Waals surface area contributed by atoms with E-state index in [0.29, 0.717) is 5.56 Å². The zero-order valence-electron chi connectivity index (χ0n) is 13.7. The van der Waals surface area contributed by atoms with Crippen LogP contribution in [0.15, 0.2) is 18.2 Å². The lowest BCUT2D eigenvalue weighted by atomic mass is 9.94. The highest BCUT2D eigenvalue weighted by Gasteiger charge is 2.28. The quantitative estimate of drug-likeness (QED) is 0.669. The van der Waals surface area contributed by atoms with Gasteiger partial charge < -0.3 is 10.1 Å². The summed E-state index contributed by atoms with van der Waals surface area (Å²) >= 11 is 0. The molecule has 1 aromatic rings. The molecule has 1 N–H and O–H groups in total. The molecule has 0 aliphatic rings. The number of carbonyl (C=O) groups is 2. The molecular weight excluding hydrogens is 266 g/mol. The highest BCUT2D eigenvalue weighted by molar-refractivity contribution is 6.03. The van der Waals surface area contributed by atoms with Gasteiger partial charge in [0.15, 0.2) is 5.78 Å². The van der Waals surface area contributed by atoms with Crippen molar-refractivity contribution < 1.29 is 14.3 Å². The summed E-state index contributed by atoms with van der Waals surface area (Å²) in [6.07, 6.45) is 0.0278. The Hall–Kier alpha value is -1.68. The van der Waals surface area contributed by atoms with Crippen LogP contribution in [0.5, 0.6) is 0 Å². The predicted octanol–water partition coefficient (Wildman–Crippen LogP) is 2.81. The number of benzene rings is 1. The van der Waals surface area contributed by atoms with Crippen molar-refractivity contribution in [2.75, 3.05) is 7.11 Å². The Morgan fingerprint density at radius 1 is 1.24 bits per heavy atom. The number of methoxy groups -OCH3 is 1. The Morgan fingerprint density at radius 2 is 1.86 bits per heavy atom. The maximum absolute atomic E-state index is 12.8. The summed E-state index contributed by atoms with van der Waals surface area (Å²) in [7, 11) is 1.33. The fraction of sp³-hybridized carbons (Fsp3) is 0.529. The molecule has 116 valence electrons. The first-order valence-electron chi connectivity index (χ1n) is 7.10. The van der Waals surface area contributed by atoms with Crippen LogP contribution in [0.25, 0.3) is 0 Å². The summed E-state index contributed by atoms with van der Waals surface area (Å²) in [4.78, 5) is 24.4. The minimum Gasteiger partial charge on any atom is -0.469 e. The van der Waals surface area contributed by atoms with E-state index in [4.69, 9.17) is 4.74 Å². The second kappa shape index (κ2) is 6.85. The van der Waals surface area contributed by atoms with Crippen LogP contribution in [-0.2, 0) is 9.53 Å². The minimum absolute atomic E-state index is 0.0278. The minimum atomic E-state index is -0.585. The van der Waals surface area contributed by atoms with Gasteiger partial charge in [0, 0.05) is 11.1 Å². The first kappa shape index (κ1) is 17.4. The van der Waals surface area contributed by atoms with Crippen LogP contribution in [-0.4, -0.2) is 30.4 Å². The van der Waals surface area contributed by atoms with Gasteiger partial charge in [-0.15, -0.1) is 0 Å². The van der Waals surface area contributed by atoms with Crippen LogP contribution in [0.1, 0.15) is 48.7 Å². The molecule has 4 heteroatoms. The van der Waals surface area contributed by atoms with Gasteiger partial charge >= 0.3 is 5.97 Å². The lowest BCUT2D eigenvalue weighted by Crippen LogP contribution is -2.49. The summed E-state index contributed by atoms with van der Waals surface area (Å²) in [5, 5.41) is 3.22. The standard InChI is InChI=1S/C17H25NO3/c1-11-7-8-12(2)13(9-11)16(20)14(10-15(19)21-6)18-17(3,4)5/h7-9,14,18H,10H2,1-6H3. The molecule has 1 unspecified atom stereocenters. The molecule has 0 spiro atoms. The molecule has 0 saturated heterocycles. The maximum Gasteiger partial charge on any atom is 0.307 e. The van der Waals surface area contributed by atoms with Crippen LogP contribution in [0.4, 0.5) is 0 Å². The highest BCUT2D eigenvalue weighted by atomic mass is 16.5. The zero-order valence-corrected chi connectivity index (χ0v) is 13.7. The Bertz CT molecular complexity index is 529. The lowest BCUT2D eigenvalue weighted by Gasteiger charge is -2.27. The average molecular weight is 291 g/mol. The van der Waals surface area contributed by atoms with Crippen LogP contribution in [0, 0.1) is 13.8 Å². The van der Waals surface area contributed by atoms with Gasteiger partial charge in [0.2, 0.25) is 0 Å². The number of ether oxygens (including phenoxy) is 1. The normalized spacial score (nSPS) is 12.9. The Kier molecular flexibility index (Phi) is 5.67. The number of esters is 1. The van der Waals surface area contributed by atoms with Crippen molar-refractivity contribution in [3.8, 4) is 0 Å². The number of rotatable bonds is 5. The SMILES string of the molecule is COC(=O)CC(NC(C)(C)C)C(=O)c1cc(C)ccc1C. The number of ketones is 1. The molecule has 0 fully saturated rings. The summed E-state index contributed by atoms with van der Waals surface area (Å²) < 4.78 is 4.70. The summed E-state index contributed by atoms with van der Waals surface area (Å²) in [6.45, 7) is 9.75. The second-order valence-electron chi connectivity index (χ2n) is 6.41. The molecule has 1 aromatic carbocycles. The third-order valence-corrected chi connectivity index (χ3v) is 3.18. The van der Waals surface area contributed by atoms with E-state index in [1.807, 2.05) is 52.8 Å². The van der Waals surface area contributed by atoms with E-state index >= 15 is 0 Å². The van der Waals surface area contributed by atoms with Crippen molar-refractivity contribution in [2.45, 2.75) is 52.6 Å². The molecule has 0 amide bonds. The highest BCUT2D eigenvalue weighted by Crippen LogP contribution is 2.16. The Labute approximate surface area is 126 Å². The second-order valence-corrected chi connectivity index (χ2v) is 6.41. The number of Topliss-reactive ketones (excluding diaryl/α,β-unsaturated/α-hetero) is 1. The molecular formula is C17H25NO3. The van der Waals surface area contributed by atoms with Crippen LogP contribution >= 0.6 is 0 Å². The molecule has 0 aliphatic carbocycles. The van der Waals surface area contributed by atoms with Gasteiger partial charge in [-0.3, -0.25) is 9.59 Å². The van der Waals surface area contributed by atoms with E-state index in [9.17, 15) is 9.59 Å². The van der Waals surface area contributed by atoms with E-state index in [0.717, 1.165) is 11.1 Å². The van der Waals surface area contributed by atoms with E-state index < -0.39 is 12.0 Å². The fourth-order valence-electron chi connectivity index (χ4n) is 2.17. The van der Waals surface area contributed by atoms with Crippen molar-refractivity contribution in [2.24, 2.45) is 0 Å². The monoisotopic (exact) mass is 291 g/mol. The number of carbonyl (C=O) groups excluding carboxylic acids is 2. The molecule has 0 saturated carbocycles. The molecule has 0 aliphatic heterocycles. The molecule has 0 heterocycles. The smallest absolute Gasteiger partial charge is 0.307 e. The third kappa shape index (κ3) is 5.31. The van der Waals surface area contributed by atoms with Crippen molar-refractivity contribution >= 4 is 11.8 Å². The molecule has 0 bridgehead atoms. The van der Waals surface area contributed by atoms with Crippen LogP contribution in [0.2, 0.25) is 0 Å². The van der Waals surface area contributed by atoms with E-state index in [2.05, 4.69) is 5.32 Å². The van der Waals surface area contributed by atoms with E-state index in [-0.39, 0.29) is 17.7 Å². The fourth-order valence-corrected chi connectivity index (χ4v) is 2.17. The molecule has 1 rings (SSSR count). The van der Waals surface area contributed by atoms with Gasteiger partial charge in [-0.05, 0) is 46.2 Å². The van der Waals surface area contributed by atoms with Gasteiger partial charge in [0.1, 0.15) is 0 Å². The predicted molar refractivity (Wildman–Crippen MR) is 83.6 cm³/mol. The maximum atomic E-state index is 12.8. The van der Waals surface area contributed by atoms with Crippen molar-refractivity contribution in [1.29, 1.82) is 0 Å². The molecule has 0 radical (unpaired) electrons.